The molecule has 6 nitrogen and oxygen atoms in total. The Labute approximate surface area is 181 Å². The van der Waals surface area contributed by atoms with Crippen LogP contribution < -0.4 is 5.32 Å². The Morgan fingerprint density at radius 3 is 2.65 bits per heavy atom. The minimum absolute atomic E-state index is 0.0415. The van der Waals surface area contributed by atoms with Gasteiger partial charge in [-0.05, 0) is 36.1 Å². The number of likely N-dealkylation sites (tertiary alicyclic amines) is 1. The van der Waals surface area contributed by atoms with E-state index < -0.39 is 5.41 Å². The van der Waals surface area contributed by atoms with Crippen molar-refractivity contribution in [2.75, 3.05) is 26.8 Å². The van der Waals surface area contributed by atoms with Crippen LogP contribution in [0.1, 0.15) is 30.4 Å². The van der Waals surface area contributed by atoms with Gasteiger partial charge in [0.1, 0.15) is 5.82 Å². The molecule has 1 N–H and O–H groups in total. The monoisotopic (exact) mass is 426 g/mol. The predicted octanol–water partition coefficient (Wildman–Crippen LogP) is 2.61. The Hall–Kier alpha value is -3.06. The van der Waals surface area contributed by atoms with Gasteiger partial charge >= 0.3 is 0 Å². The first-order valence-electron chi connectivity index (χ1n) is 10.4. The molecule has 1 aliphatic rings. The summed E-state index contributed by atoms with van der Waals surface area (Å²) in [7, 11) is 1.57. The van der Waals surface area contributed by atoms with Gasteiger partial charge < -0.3 is 10.1 Å². The van der Waals surface area contributed by atoms with Gasteiger partial charge in [-0.25, -0.2) is 4.39 Å². The summed E-state index contributed by atoms with van der Waals surface area (Å²) in [6, 6.07) is 15.2. The van der Waals surface area contributed by atoms with Crippen LogP contribution in [0.15, 0.2) is 54.6 Å². The highest BCUT2D eigenvalue weighted by atomic mass is 19.1. The summed E-state index contributed by atoms with van der Waals surface area (Å²) in [4.78, 5) is 40.0. The van der Waals surface area contributed by atoms with Crippen LogP contribution in [0, 0.1) is 5.82 Å². The molecule has 0 spiro atoms. The highest BCUT2D eigenvalue weighted by Gasteiger charge is 2.53. The van der Waals surface area contributed by atoms with Gasteiger partial charge in [-0.15, -0.1) is 0 Å². The molecule has 2 aromatic rings. The third-order valence-electron chi connectivity index (χ3n) is 5.55. The molecule has 1 heterocycles. The minimum atomic E-state index is -1.21. The third kappa shape index (κ3) is 5.35. The zero-order valence-electron chi connectivity index (χ0n) is 17.6. The van der Waals surface area contributed by atoms with Crippen LogP contribution in [0.2, 0.25) is 0 Å². The molecule has 1 atom stereocenters. The molecule has 0 radical (unpaired) electrons. The normalized spacial score (nSPS) is 18.5. The lowest BCUT2D eigenvalue weighted by molar-refractivity contribution is -0.141. The molecule has 7 heteroatoms. The van der Waals surface area contributed by atoms with Crippen molar-refractivity contribution < 1.29 is 23.5 Å². The molecule has 1 aliphatic heterocycles. The molecule has 0 aromatic heterocycles. The lowest BCUT2D eigenvalue weighted by Gasteiger charge is -2.27. The van der Waals surface area contributed by atoms with E-state index in [0.717, 1.165) is 5.56 Å². The van der Waals surface area contributed by atoms with Gasteiger partial charge in [-0.1, -0.05) is 42.5 Å². The van der Waals surface area contributed by atoms with E-state index in [4.69, 9.17) is 4.74 Å². The van der Waals surface area contributed by atoms with Gasteiger partial charge in [-0.2, -0.15) is 0 Å². The number of carbonyl (C=O) groups is 3. The Bertz CT molecular complexity index is 934. The number of hydrogen-bond acceptors (Lipinski definition) is 4. The third-order valence-corrected chi connectivity index (χ3v) is 5.55. The smallest absolute Gasteiger partial charge is 0.240 e. The number of halogens is 1. The number of hydrogen-bond donors (Lipinski definition) is 1. The lowest BCUT2D eigenvalue weighted by Crippen LogP contribution is -2.43. The van der Waals surface area contributed by atoms with Crippen molar-refractivity contribution in [2.24, 2.45) is 0 Å². The minimum Gasteiger partial charge on any atom is -0.385 e. The number of benzene rings is 2. The number of nitrogens with zero attached hydrogens (tertiary/aromatic N) is 1. The summed E-state index contributed by atoms with van der Waals surface area (Å²) in [5, 5.41) is 2.81. The topological polar surface area (TPSA) is 75.7 Å². The molecule has 0 aliphatic carbocycles. The summed E-state index contributed by atoms with van der Waals surface area (Å²) in [6.07, 6.45) is 0.849. The number of ether oxygens (including phenoxy) is 1. The summed E-state index contributed by atoms with van der Waals surface area (Å²) in [5.41, 5.74) is 0.214. The Balaban J connectivity index is 1.72. The number of carbonyl (C=O) groups excluding carboxylic acids is 3. The van der Waals surface area contributed by atoms with Gasteiger partial charge in [-0.3, -0.25) is 19.3 Å². The van der Waals surface area contributed by atoms with Crippen molar-refractivity contribution in [3.63, 3.8) is 0 Å². The molecule has 0 saturated carbocycles. The van der Waals surface area contributed by atoms with Gasteiger partial charge in [0.2, 0.25) is 17.7 Å². The molecule has 164 valence electrons. The van der Waals surface area contributed by atoms with E-state index in [1.54, 1.807) is 43.5 Å². The second-order valence-corrected chi connectivity index (χ2v) is 7.73. The van der Waals surface area contributed by atoms with Crippen molar-refractivity contribution in [3.8, 4) is 0 Å². The summed E-state index contributed by atoms with van der Waals surface area (Å²) >= 11 is 0. The molecule has 1 fully saturated rings. The fourth-order valence-corrected chi connectivity index (χ4v) is 3.99. The van der Waals surface area contributed by atoms with Gasteiger partial charge in [0.25, 0.3) is 0 Å². The van der Waals surface area contributed by atoms with E-state index in [9.17, 15) is 18.8 Å². The molecule has 3 amide bonds. The Morgan fingerprint density at radius 1 is 1.16 bits per heavy atom. The van der Waals surface area contributed by atoms with Gasteiger partial charge in [0.15, 0.2) is 0 Å². The highest BCUT2D eigenvalue weighted by Crippen LogP contribution is 2.39. The standard InChI is InChI=1S/C24H27FN2O4/c1-31-14-6-13-27-22(29)17-24(23(27)30,19-8-3-2-4-9-19)16-21(28)26-12-11-18-7-5-10-20(25)15-18/h2-5,7-10,15H,6,11-14,16-17H2,1H3,(H,26,28). The van der Waals surface area contributed by atoms with Crippen molar-refractivity contribution in [1.82, 2.24) is 10.2 Å². The van der Waals surface area contributed by atoms with Crippen LogP contribution in [-0.4, -0.2) is 49.4 Å². The Kier molecular flexibility index (Phi) is 7.52. The van der Waals surface area contributed by atoms with Crippen LogP contribution in [0.4, 0.5) is 4.39 Å². The molecule has 1 saturated heterocycles. The molecular weight excluding hydrogens is 399 g/mol. The fourth-order valence-electron chi connectivity index (χ4n) is 3.99. The van der Waals surface area contributed by atoms with E-state index >= 15 is 0 Å². The van der Waals surface area contributed by atoms with Crippen LogP contribution in [0.5, 0.6) is 0 Å². The van der Waals surface area contributed by atoms with E-state index in [1.807, 2.05) is 6.07 Å². The van der Waals surface area contributed by atoms with E-state index in [0.29, 0.717) is 31.6 Å². The van der Waals surface area contributed by atoms with E-state index in [2.05, 4.69) is 5.32 Å². The zero-order valence-corrected chi connectivity index (χ0v) is 17.6. The number of amides is 3. The maximum atomic E-state index is 13.3. The molecule has 31 heavy (non-hydrogen) atoms. The molecule has 2 aromatic carbocycles. The van der Waals surface area contributed by atoms with Crippen molar-refractivity contribution in [2.45, 2.75) is 31.1 Å². The fraction of sp³-hybridized carbons (Fsp3) is 0.375. The Morgan fingerprint density at radius 2 is 1.94 bits per heavy atom. The molecule has 1 unspecified atom stereocenters. The van der Waals surface area contributed by atoms with Crippen molar-refractivity contribution in [3.05, 3.63) is 71.5 Å². The SMILES string of the molecule is COCCCN1C(=O)CC(CC(=O)NCCc2cccc(F)c2)(c2ccccc2)C1=O. The largest absolute Gasteiger partial charge is 0.385 e. The van der Waals surface area contributed by atoms with E-state index in [-0.39, 0.29) is 42.9 Å². The number of nitrogens with one attached hydrogen (secondary N) is 1. The average molecular weight is 426 g/mol. The molecule has 3 rings (SSSR count). The van der Waals surface area contributed by atoms with Crippen LogP contribution in [-0.2, 0) is 31.0 Å². The maximum absolute atomic E-state index is 13.3. The summed E-state index contributed by atoms with van der Waals surface area (Å²) < 4.78 is 18.3. The summed E-state index contributed by atoms with van der Waals surface area (Å²) in [6.45, 7) is 1.02. The van der Waals surface area contributed by atoms with Crippen LogP contribution in [0.25, 0.3) is 0 Å². The van der Waals surface area contributed by atoms with E-state index in [1.165, 1.54) is 17.0 Å². The number of methoxy groups -OCH3 is 1. The second-order valence-electron chi connectivity index (χ2n) is 7.73. The van der Waals surface area contributed by atoms with Gasteiger partial charge in [0, 0.05) is 39.6 Å². The van der Waals surface area contributed by atoms with Gasteiger partial charge in [0.05, 0.1) is 5.41 Å². The molecule has 0 bridgehead atoms. The quantitative estimate of drug-likeness (QED) is 0.468. The number of rotatable bonds is 10. The maximum Gasteiger partial charge on any atom is 0.240 e. The van der Waals surface area contributed by atoms with Crippen LogP contribution >= 0.6 is 0 Å². The number of imide groups is 1. The molecular formula is C24H27FN2O4. The van der Waals surface area contributed by atoms with Crippen molar-refractivity contribution >= 4 is 17.7 Å². The zero-order chi connectivity index (χ0) is 22.3. The first-order chi connectivity index (χ1) is 15.0. The van der Waals surface area contributed by atoms with Crippen LogP contribution in [0.3, 0.4) is 0 Å². The second kappa shape index (κ2) is 10.3. The summed E-state index contributed by atoms with van der Waals surface area (Å²) in [5.74, 6) is -1.27. The lowest BCUT2D eigenvalue weighted by atomic mass is 9.75. The van der Waals surface area contributed by atoms with Crippen molar-refractivity contribution in [1.29, 1.82) is 0 Å². The first kappa shape index (κ1) is 22.6. The highest BCUT2D eigenvalue weighted by molar-refractivity contribution is 6.10. The first-order valence-corrected chi connectivity index (χ1v) is 10.4. The average Bonchev–Trinajstić information content (AvgIpc) is 2.99. The predicted molar refractivity (Wildman–Crippen MR) is 114 cm³/mol.